The molecular formula is C12H22NO2P. The van der Waals surface area contributed by atoms with Crippen LogP contribution in [-0.4, -0.2) is 17.8 Å². The molecule has 0 aliphatic heterocycles. The van der Waals surface area contributed by atoms with Crippen molar-refractivity contribution in [3.05, 3.63) is 35.9 Å². The molecule has 0 aromatic heterocycles. The fourth-order valence-corrected chi connectivity index (χ4v) is 1.35. The number of benzene rings is 1. The minimum Gasteiger partial charge on any atom is -0.349 e. The molecule has 0 amide bonds. The standard InChI is InChI=1S/C7H8.C5H14NO2P/c1-7-5-3-2-4-6-7;1-2-3-4-8-9(7)5-6/h2-6H,1H3;7H,2-6H2,1H3. The Hall–Kier alpha value is -0.470. The Kier molecular flexibility index (Phi) is 10.7. The predicted molar refractivity (Wildman–Crippen MR) is 70.2 cm³/mol. The van der Waals surface area contributed by atoms with Gasteiger partial charge in [0.15, 0.2) is 8.38 Å². The van der Waals surface area contributed by atoms with Crippen LogP contribution >= 0.6 is 8.38 Å². The molecule has 0 radical (unpaired) electrons. The molecule has 1 rings (SSSR count). The molecule has 3 nitrogen and oxygen atoms in total. The molecule has 92 valence electrons. The molecule has 0 spiro atoms. The second-order valence-corrected chi connectivity index (χ2v) is 4.70. The maximum Gasteiger partial charge on any atom is 0.182 e. The molecule has 1 aromatic rings. The lowest BCUT2D eigenvalue weighted by molar-refractivity contribution is 0.303. The number of hydrogen-bond acceptors (Lipinski definition) is 3. The van der Waals surface area contributed by atoms with Gasteiger partial charge in [-0.3, -0.25) is 0 Å². The third-order valence-electron chi connectivity index (χ3n) is 1.83. The molecule has 0 heterocycles. The first kappa shape index (κ1) is 15.5. The first-order chi connectivity index (χ1) is 7.70. The van der Waals surface area contributed by atoms with E-state index in [0.717, 1.165) is 12.8 Å². The molecule has 1 unspecified atom stereocenters. The van der Waals surface area contributed by atoms with Crippen molar-refractivity contribution in [2.75, 3.05) is 12.9 Å². The predicted octanol–water partition coefficient (Wildman–Crippen LogP) is 3.02. The van der Waals surface area contributed by atoms with Crippen molar-refractivity contribution in [3.8, 4) is 0 Å². The van der Waals surface area contributed by atoms with E-state index in [4.69, 9.17) is 15.2 Å². The minimum atomic E-state index is -1.31. The van der Waals surface area contributed by atoms with E-state index in [1.165, 1.54) is 5.56 Å². The van der Waals surface area contributed by atoms with Gasteiger partial charge in [0.1, 0.15) is 0 Å². The van der Waals surface area contributed by atoms with Crippen molar-refractivity contribution < 1.29 is 9.42 Å². The lowest BCUT2D eigenvalue weighted by Gasteiger charge is -2.06. The monoisotopic (exact) mass is 243 g/mol. The zero-order valence-electron chi connectivity index (χ0n) is 10.1. The van der Waals surface area contributed by atoms with E-state index in [2.05, 4.69) is 26.0 Å². The number of unbranched alkanes of at least 4 members (excludes halogenated alkanes) is 1. The Labute approximate surface area is 99.5 Å². The molecule has 1 atom stereocenters. The summed E-state index contributed by atoms with van der Waals surface area (Å²) in [6.45, 7) is 4.79. The van der Waals surface area contributed by atoms with Crippen molar-refractivity contribution in [2.45, 2.75) is 26.7 Å². The Morgan fingerprint density at radius 1 is 1.31 bits per heavy atom. The number of aryl methyl sites for hydroxylation is 1. The van der Waals surface area contributed by atoms with Crippen molar-refractivity contribution in [1.29, 1.82) is 0 Å². The van der Waals surface area contributed by atoms with Gasteiger partial charge in [-0.15, -0.1) is 0 Å². The maximum atomic E-state index is 8.80. The molecule has 3 N–H and O–H groups in total. The van der Waals surface area contributed by atoms with Gasteiger partial charge in [0.05, 0.1) is 12.9 Å². The molecule has 0 saturated carbocycles. The van der Waals surface area contributed by atoms with Crippen LogP contribution in [0.4, 0.5) is 0 Å². The maximum absolute atomic E-state index is 8.80. The summed E-state index contributed by atoms with van der Waals surface area (Å²) in [5.41, 5.74) is 6.43. The van der Waals surface area contributed by atoms with Crippen molar-refractivity contribution in [1.82, 2.24) is 0 Å². The van der Waals surface area contributed by atoms with Gasteiger partial charge >= 0.3 is 0 Å². The number of hydrogen-bond donors (Lipinski definition) is 2. The molecule has 16 heavy (non-hydrogen) atoms. The molecule has 0 bridgehead atoms. The van der Waals surface area contributed by atoms with Gasteiger partial charge in [0.25, 0.3) is 0 Å². The van der Waals surface area contributed by atoms with Crippen LogP contribution in [0.15, 0.2) is 30.3 Å². The summed E-state index contributed by atoms with van der Waals surface area (Å²) < 4.78 is 4.93. The first-order valence-corrected chi connectivity index (χ1v) is 6.91. The highest BCUT2D eigenvalue weighted by Crippen LogP contribution is 2.27. The lowest BCUT2D eigenvalue weighted by Crippen LogP contribution is -1.99. The van der Waals surface area contributed by atoms with Crippen LogP contribution in [0.2, 0.25) is 0 Å². The van der Waals surface area contributed by atoms with Crippen LogP contribution in [0.3, 0.4) is 0 Å². The Balaban J connectivity index is 0.000000288. The van der Waals surface area contributed by atoms with E-state index < -0.39 is 8.38 Å². The van der Waals surface area contributed by atoms with E-state index in [-0.39, 0.29) is 6.29 Å². The summed E-state index contributed by atoms with van der Waals surface area (Å²) in [5.74, 6) is 0. The van der Waals surface area contributed by atoms with Gasteiger partial charge < -0.3 is 15.2 Å². The molecule has 0 aliphatic carbocycles. The zero-order chi connectivity index (χ0) is 12.2. The van der Waals surface area contributed by atoms with E-state index in [9.17, 15) is 0 Å². The molecule has 0 aliphatic rings. The van der Waals surface area contributed by atoms with Gasteiger partial charge in [-0.1, -0.05) is 49.2 Å². The summed E-state index contributed by atoms with van der Waals surface area (Å²) >= 11 is 0. The summed E-state index contributed by atoms with van der Waals surface area (Å²) in [7, 11) is -1.31. The largest absolute Gasteiger partial charge is 0.349 e. The zero-order valence-corrected chi connectivity index (χ0v) is 11.0. The SMILES string of the molecule is CCCCOP(O)CN.Cc1ccccc1. The topological polar surface area (TPSA) is 55.5 Å². The van der Waals surface area contributed by atoms with Gasteiger partial charge in [0, 0.05) is 0 Å². The van der Waals surface area contributed by atoms with Crippen molar-refractivity contribution >= 4 is 8.38 Å². The van der Waals surface area contributed by atoms with Gasteiger partial charge in [0.2, 0.25) is 0 Å². The smallest absolute Gasteiger partial charge is 0.182 e. The van der Waals surface area contributed by atoms with Crippen LogP contribution in [0.5, 0.6) is 0 Å². The lowest BCUT2D eigenvalue weighted by atomic mass is 10.2. The molecule has 4 heteroatoms. The normalized spacial score (nSPS) is 11.5. The Morgan fingerprint density at radius 3 is 2.31 bits per heavy atom. The highest BCUT2D eigenvalue weighted by Gasteiger charge is 1.98. The first-order valence-electron chi connectivity index (χ1n) is 5.51. The fourth-order valence-electron chi connectivity index (χ4n) is 0.901. The van der Waals surface area contributed by atoms with Gasteiger partial charge in [-0.05, 0) is 13.3 Å². The van der Waals surface area contributed by atoms with Crippen LogP contribution in [-0.2, 0) is 4.52 Å². The summed E-state index contributed by atoms with van der Waals surface area (Å²) in [6.07, 6.45) is 2.34. The minimum absolute atomic E-state index is 0.249. The highest BCUT2D eigenvalue weighted by molar-refractivity contribution is 7.46. The van der Waals surface area contributed by atoms with Crippen molar-refractivity contribution in [2.24, 2.45) is 5.73 Å². The number of nitrogens with two attached hydrogens (primary N) is 1. The molecule has 0 fully saturated rings. The van der Waals surface area contributed by atoms with Crippen LogP contribution in [0.1, 0.15) is 25.3 Å². The Bertz CT molecular complexity index is 244. The average Bonchev–Trinajstić information content (AvgIpc) is 2.31. The van der Waals surface area contributed by atoms with E-state index in [1.807, 2.05) is 18.2 Å². The van der Waals surface area contributed by atoms with Gasteiger partial charge in [-0.25, -0.2) is 0 Å². The van der Waals surface area contributed by atoms with Crippen LogP contribution in [0.25, 0.3) is 0 Å². The van der Waals surface area contributed by atoms with Gasteiger partial charge in [-0.2, -0.15) is 0 Å². The molecule has 0 saturated heterocycles. The summed E-state index contributed by atoms with van der Waals surface area (Å²) in [6, 6.07) is 10.3. The highest BCUT2D eigenvalue weighted by atomic mass is 31.2. The fraction of sp³-hybridized carbons (Fsp3) is 0.500. The Morgan fingerprint density at radius 2 is 1.94 bits per heavy atom. The van der Waals surface area contributed by atoms with Crippen LogP contribution in [0, 0.1) is 6.92 Å². The summed E-state index contributed by atoms with van der Waals surface area (Å²) in [5, 5.41) is 0. The quantitative estimate of drug-likeness (QED) is 0.617. The third-order valence-corrected chi connectivity index (χ3v) is 2.63. The molecule has 1 aromatic carbocycles. The average molecular weight is 243 g/mol. The third kappa shape index (κ3) is 10.1. The van der Waals surface area contributed by atoms with E-state index in [0.29, 0.717) is 6.61 Å². The second kappa shape index (κ2) is 11.0. The molecular weight excluding hydrogens is 221 g/mol. The number of rotatable bonds is 5. The van der Waals surface area contributed by atoms with E-state index >= 15 is 0 Å². The second-order valence-electron chi connectivity index (χ2n) is 3.38. The summed E-state index contributed by atoms with van der Waals surface area (Å²) in [4.78, 5) is 8.80. The van der Waals surface area contributed by atoms with Crippen molar-refractivity contribution in [3.63, 3.8) is 0 Å². The van der Waals surface area contributed by atoms with E-state index in [1.54, 1.807) is 0 Å². The van der Waals surface area contributed by atoms with Crippen LogP contribution < -0.4 is 5.73 Å².